The highest BCUT2D eigenvalue weighted by Crippen LogP contribution is 2.21. The first-order valence-electron chi connectivity index (χ1n) is 5.25. The number of hydrogen-bond donors (Lipinski definition) is 0. The quantitative estimate of drug-likeness (QED) is 0.612. The number of nitriles is 1. The van der Waals surface area contributed by atoms with Gasteiger partial charge in [-0.15, -0.1) is 0 Å². The molecule has 0 amide bonds. The van der Waals surface area contributed by atoms with Crippen molar-refractivity contribution in [2.45, 2.75) is 39.2 Å². The first-order valence-corrected chi connectivity index (χ1v) is 5.25. The maximum atomic E-state index is 8.79. The van der Waals surface area contributed by atoms with Crippen molar-refractivity contribution in [2.75, 3.05) is 19.8 Å². The van der Waals surface area contributed by atoms with E-state index in [1.807, 2.05) is 13.8 Å². The molecule has 0 unspecified atom stereocenters. The summed E-state index contributed by atoms with van der Waals surface area (Å²) in [4.78, 5) is 0. The van der Waals surface area contributed by atoms with Crippen LogP contribution in [0.25, 0.3) is 0 Å². The third-order valence-electron chi connectivity index (χ3n) is 2.46. The third-order valence-corrected chi connectivity index (χ3v) is 2.46. The van der Waals surface area contributed by atoms with Gasteiger partial charge in [0.05, 0.1) is 24.7 Å². The van der Waals surface area contributed by atoms with Gasteiger partial charge < -0.3 is 9.47 Å². The van der Waals surface area contributed by atoms with Crippen LogP contribution < -0.4 is 0 Å². The van der Waals surface area contributed by atoms with E-state index in [4.69, 9.17) is 14.7 Å². The van der Waals surface area contributed by atoms with Gasteiger partial charge in [-0.25, -0.2) is 0 Å². The Morgan fingerprint density at radius 1 is 1.43 bits per heavy atom. The molecule has 3 heteroatoms. The predicted molar refractivity (Wildman–Crippen MR) is 53.8 cm³/mol. The second-order valence-corrected chi connectivity index (χ2v) is 4.48. The first kappa shape index (κ1) is 11.5. The van der Waals surface area contributed by atoms with Crippen LogP contribution in [-0.4, -0.2) is 25.9 Å². The maximum Gasteiger partial charge on any atom is 0.104 e. The highest BCUT2D eigenvalue weighted by atomic mass is 16.6. The van der Waals surface area contributed by atoms with E-state index in [0.717, 1.165) is 39.1 Å². The molecule has 1 heterocycles. The summed E-state index contributed by atoms with van der Waals surface area (Å²) in [6.07, 6.45) is 3.39. The average Bonchev–Trinajstić information content (AvgIpc) is 2.08. The van der Waals surface area contributed by atoms with Gasteiger partial charge in [0.15, 0.2) is 0 Å². The molecular formula is C11H19NO2. The Morgan fingerprint density at radius 2 is 2.14 bits per heavy atom. The van der Waals surface area contributed by atoms with Crippen LogP contribution in [-0.2, 0) is 9.47 Å². The Hall–Kier alpha value is -0.590. The van der Waals surface area contributed by atoms with Gasteiger partial charge in [0, 0.05) is 6.61 Å². The van der Waals surface area contributed by atoms with Gasteiger partial charge >= 0.3 is 0 Å². The van der Waals surface area contributed by atoms with Crippen LogP contribution in [0.1, 0.15) is 33.1 Å². The Kier molecular flexibility index (Phi) is 4.37. The molecule has 0 spiro atoms. The zero-order valence-corrected chi connectivity index (χ0v) is 9.08. The normalized spacial score (nSPS) is 17.5. The molecule has 0 bridgehead atoms. The van der Waals surface area contributed by atoms with Crippen molar-refractivity contribution in [1.82, 2.24) is 0 Å². The van der Waals surface area contributed by atoms with E-state index < -0.39 is 0 Å². The summed E-state index contributed by atoms with van der Waals surface area (Å²) in [5.41, 5.74) is -0.181. The lowest BCUT2D eigenvalue weighted by Gasteiger charge is -2.26. The number of hydrogen-bond acceptors (Lipinski definition) is 3. The van der Waals surface area contributed by atoms with E-state index in [1.54, 1.807) is 0 Å². The van der Waals surface area contributed by atoms with E-state index >= 15 is 0 Å². The molecule has 0 aromatic carbocycles. The minimum Gasteiger partial charge on any atom is -0.376 e. The molecule has 1 saturated heterocycles. The fourth-order valence-electron chi connectivity index (χ4n) is 1.29. The summed E-state index contributed by atoms with van der Waals surface area (Å²) >= 11 is 0. The SMILES string of the molecule is CC(C)(C#N)CCCCOC1COC1. The largest absolute Gasteiger partial charge is 0.376 e. The van der Waals surface area contributed by atoms with Crippen molar-refractivity contribution in [3.8, 4) is 6.07 Å². The molecule has 0 N–H and O–H groups in total. The number of nitrogens with zero attached hydrogens (tertiary/aromatic N) is 1. The van der Waals surface area contributed by atoms with Crippen LogP contribution in [0.5, 0.6) is 0 Å². The van der Waals surface area contributed by atoms with Crippen molar-refractivity contribution in [3.05, 3.63) is 0 Å². The molecule has 0 aliphatic carbocycles. The summed E-state index contributed by atoms with van der Waals surface area (Å²) in [6, 6.07) is 2.30. The minimum atomic E-state index is -0.181. The Labute approximate surface area is 86.0 Å². The monoisotopic (exact) mass is 197 g/mol. The molecule has 1 rings (SSSR count). The minimum absolute atomic E-state index is 0.181. The van der Waals surface area contributed by atoms with Gasteiger partial charge in [-0.2, -0.15) is 5.26 Å². The standard InChI is InChI=1S/C11H19NO2/c1-11(2,9-12)5-3-4-6-14-10-7-13-8-10/h10H,3-8H2,1-2H3. The maximum absolute atomic E-state index is 8.79. The zero-order chi connectivity index (χ0) is 10.4. The summed E-state index contributed by atoms with van der Waals surface area (Å²) in [5, 5.41) is 8.79. The van der Waals surface area contributed by atoms with E-state index in [1.165, 1.54) is 0 Å². The molecule has 0 atom stereocenters. The highest BCUT2D eigenvalue weighted by molar-refractivity contribution is 4.91. The predicted octanol–water partition coefficient (Wildman–Crippen LogP) is 2.12. The summed E-state index contributed by atoms with van der Waals surface area (Å²) in [5.74, 6) is 0. The molecule has 1 aliphatic rings. The molecular weight excluding hydrogens is 178 g/mol. The summed E-state index contributed by atoms with van der Waals surface area (Å²) in [6.45, 7) is 6.27. The molecule has 80 valence electrons. The van der Waals surface area contributed by atoms with Gasteiger partial charge in [-0.3, -0.25) is 0 Å². The van der Waals surface area contributed by atoms with E-state index in [2.05, 4.69) is 6.07 Å². The second-order valence-electron chi connectivity index (χ2n) is 4.48. The summed E-state index contributed by atoms with van der Waals surface area (Å²) in [7, 11) is 0. The van der Waals surface area contributed by atoms with Crippen molar-refractivity contribution >= 4 is 0 Å². The van der Waals surface area contributed by atoms with Gasteiger partial charge in [-0.05, 0) is 33.1 Å². The topological polar surface area (TPSA) is 42.2 Å². The zero-order valence-electron chi connectivity index (χ0n) is 9.08. The van der Waals surface area contributed by atoms with Crippen molar-refractivity contribution in [3.63, 3.8) is 0 Å². The fourth-order valence-corrected chi connectivity index (χ4v) is 1.29. The lowest BCUT2D eigenvalue weighted by molar-refractivity contribution is -0.130. The Balaban J connectivity index is 1.91. The highest BCUT2D eigenvalue weighted by Gasteiger charge is 2.19. The van der Waals surface area contributed by atoms with Crippen LogP contribution in [0.3, 0.4) is 0 Å². The van der Waals surface area contributed by atoms with Crippen molar-refractivity contribution < 1.29 is 9.47 Å². The number of unbranched alkanes of at least 4 members (excludes halogenated alkanes) is 1. The molecule has 0 radical (unpaired) electrons. The molecule has 3 nitrogen and oxygen atoms in total. The van der Waals surface area contributed by atoms with Crippen LogP contribution >= 0.6 is 0 Å². The smallest absolute Gasteiger partial charge is 0.104 e. The molecule has 1 fully saturated rings. The molecule has 0 aromatic heterocycles. The van der Waals surface area contributed by atoms with Crippen molar-refractivity contribution in [2.24, 2.45) is 5.41 Å². The molecule has 1 aliphatic heterocycles. The Bertz CT molecular complexity index is 204. The third kappa shape index (κ3) is 4.08. The first-order chi connectivity index (χ1) is 6.64. The fraction of sp³-hybridized carbons (Fsp3) is 0.909. The van der Waals surface area contributed by atoms with Crippen LogP contribution in [0.4, 0.5) is 0 Å². The second kappa shape index (κ2) is 5.33. The van der Waals surface area contributed by atoms with Gasteiger partial charge in [0.2, 0.25) is 0 Å². The van der Waals surface area contributed by atoms with Gasteiger partial charge in [-0.1, -0.05) is 0 Å². The van der Waals surface area contributed by atoms with Gasteiger partial charge in [0.25, 0.3) is 0 Å². The molecule has 14 heavy (non-hydrogen) atoms. The van der Waals surface area contributed by atoms with Crippen LogP contribution in [0.2, 0.25) is 0 Å². The van der Waals surface area contributed by atoms with Crippen molar-refractivity contribution in [1.29, 1.82) is 5.26 Å². The lowest BCUT2D eigenvalue weighted by atomic mass is 9.89. The van der Waals surface area contributed by atoms with E-state index in [-0.39, 0.29) is 5.41 Å². The van der Waals surface area contributed by atoms with Crippen LogP contribution in [0, 0.1) is 16.7 Å². The average molecular weight is 197 g/mol. The summed E-state index contributed by atoms with van der Waals surface area (Å²) < 4.78 is 10.5. The molecule has 0 aromatic rings. The Morgan fingerprint density at radius 3 is 2.64 bits per heavy atom. The lowest BCUT2D eigenvalue weighted by Crippen LogP contribution is -2.36. The number of ether oxygens (including phenoxy) is 2. The molecule has 0 saturated carbocycles. The van der Waals surface area contributed by atoms with E-state index in [0.29, 0.717) is 6.10 Å². The van der Waals surface area contributed by atoms with Crippen LogP contribution in [0.15, 0.2) is 0 Å². The van der Waals surface area contributed by atoms with E-state index in [9.17, 15) is 0 Å². The van der Waals surface area contributed by atoms with Gasteiger partial charge in [0.1, 0.15) is 6.10 Å². The number of rotatable bonds is 6.